The van der Waals surface area contributed by atoms with Gasteiger partial charge in [-0.3, -0.25) is 0 Å². The summed E-state index contributed by atoms with van der Waals surface area (Å²) in [6.07, 6.45) is 24.3. The second-order valence-electron chi connectivity index (χ2n) is 19.9. The molecule has 606 valence electrons. The molecule has 0 radical (unpaired) electrons. The van der Waals surface area contributed by atoms with Crippen molar-refractivity contribution >= 4 is 0 Å². The van der Waals surface area contributed by atoms with Crippen molar-refractivity contribution in [3.8, 4) is 0 Å². The Morgan fingerprint density at radius 2 is 0.171 bits per heavy atom. The molecule has 105 heavy (non-hydrogen) atoms. The molecule has 0 heteroatoms. The van der Waals surface area contributed by atoms with Gasteiger partial charge in [0.1, 0.15) is 0 Å². The van der Waals surface area contributed by atoms with E-state index in [2.05, 4.69) is 83.1 Å². The fourth-order valence-corrected chi connectivity index (χ4v) is 6.70. The predicted octanol–water partition coefficient (Wildman–Crippen LogP) is 38.5. The molecule has 0 nitrogen and oxygen atoms in total. The molecule has 0 spiro atoms. The fraction of sp³-hybridized carbons (Fsp3) is 0.486. The first kappa shape index (κ1) is 134. The van der Waals surface area contributed by atoms with Crippen molar-refractivity contribution in [1.82, 2.24) is 0 Å². The molecule has 0 amide bonds. The van der Waals surface area contributed by atoms with E-state index in [1.54, 1.807) is 32.1 Å². The van der Waals surface area contributed by atoms with Crippen molar-refractivity contribution in [3.63, 3.8) is 0 Å². The minimum absolute atomic E-state index is 1.17. The van der Waals surface area contributed by atoms with Crippen molar-refractivity contribution in [2.75, 3.05) is 0 Å². The highest BCUT2D eigenvalue weighted by Gasteiger charge is 2.30. The van der Waals surface area contributed by atoms with Gasteiger partial charge >= 0.3 is 0 Å². The Hall–Kier alpha value is -7.02. The Morgan fingerprint density at radius 1 is 0.124 bits per heavy atom. The van der Waals surface area contributed by atoms with E-state index in [4.69, 9.17) is 0 Å². The molecule has 0 N–H and O–H groups in total. The van der Waals surface area contributed by atoms with Gasteiger partial charge in [-0.15, -0.1) is 0 Å². The second kappa shape index (κ2) is 182. The van der Waals surface area contributed by atoms with Gasteiger partial charge in [-0.25, -0.2) is 0 Å². The highest BCUT2D eigenvalue weighted by Crippen LogP contribution is 2.43. The maximum atomic E-state index is 2.12. The molecule has 3 aliphatic rings. The zero-order valence-corrected chi connectivity index (χ0v) is 76.4. The normalized spacial score (nSPS) is 10.3. The first-order valence-electron chi connectivity index (χ1n) is 42.9. The van der Waals surface area contributed by atoms with Gasteiger partial charge in [0, 0.05) is 0 Å². The lowest BCUT2D eigenvalue weighted by atomic mass is 10.0. The first-order chi connectivity index (χ1) is 51.9. The van der Waals surface area contributed by atoms with E-state index < -0.39 is 0 Å². The predicted molar refractivity (Wildman–Crippen MR) is 505 cm³/mol. The molecule has 0 atom stereocenters. The summed E-state index contributed by atoms with van der Waals surface area (Å²) in [7, 11) is 0. The minimum Gasteiger partial charge on any atom is -0.0683 e. The average molecular weight is 1450 g/mol. The van der Waals surface area contributed by atoms with Crippen molar-refractivity contribution < 1.29 is 0 Å². The van der Waals surface area contributed by atoms with Crippen LogP contribution in [0.15, 0.2) is 328 Å². The minimum atomic E-state index is 1.17. The Kier molecular flexibility index (Phi) is 233. The molecule has 12 rings (SSSR count). The van der Waals surface area contributed by atoms with E-state index in [1.165, 1.54) is 88.9 Å². The number of hydrogen-bond acceptors (Lipinski definition) is 0. The summed E-state index contributed by atoms with van der Waals surface area (Å²) < 4.78 is 0. The third-order valence-electron chi connectivity index (χ3n) is 10.1. The number of hydrogen-bond donors (Lipinski definition) is 0. The Bertz CT molecular complexity index is 1450. The van der Waals surface area contributed by atoms with Crippen molar-refractivity contribution in [1.29, 1.82) is 0 Å². The second-order valence-corrected chi connectivity index (χ2v) is 19.9. The zero-order chi connectivity index (χ0) is 83.4. The molecule has 3 fully saturated rings. The van der Waals surface area contributed by atoms with Crippen LogP contribution in [0.25, 0.3) is 0 Å². The van der Waals surface area contributed by atoms with Gasteiger partial charge in [0.05, 0.1) is 0 Å². The van der Waals surface area contributed by atoms with E-state index in [0.717, 1.165) is 0 Å². The quantitative estimate of drug-likeness (QED) is 0.142. The van der Waals surface area contributed by atoms with E-state index >= 15 is 0 Å². The largest absolute Gasteiger partial charge is 0.0683 e. The van der Waals surface area contributed by atoms with Crippen molar-refractivity contribution in [2.45, 2.75) is 331 Å². The highest BCUT2D eigenvalue weighted by atomic mass is 14.4. The summed E-state index contributed by atoms with van der Waals surface area (Å²) in [5.41, 5.74) is 0. The lowest BCUT2D eigenvalue weighted by molar-refractivity contribution is 0.480. The molecule has 9 aromatic rings. The zero-order valence-electron chi connectivity index (χ0n) is 76.4. The molecule has 0 heterocycles. The smallest absolute Gasteiger partial charge is 0.0411 e. The summed E-state index contributed by atoms with van der Waals surface area (Å²) in [6, 6.07) is 108. The number of fused-ring (bicyclic) bond motifs is 2. The van der Waals surface area contributed by atoms with Gasteiger partial charge in [-0.05, 0) is 18.3 Å². The van der Waals surface area contributed by atoms with Crippen molar-refractivity contribution in [3.05, 3.63) is 328 Å². The third kappa shape index (κ3) is 195. The summed E-state index contributed by atoms with van der Waals surface area (Å²) in [5.74, 6) is 2.34. The SMILES string of the molecule is C1CC2CCC1C2.C1CCCCC1.CC.CC.CC.CC.CC.CC.CC.CC.CC.CC.CCC.CCC.CCC.CCC.CCC.CCC.c1ccccc1.c1ccccc1.c1ccccc1.c1ccccc1.c1ccccc1.c1ccccc1.c1ccccc1.c1ccccc1.c1ccccc1. The fourth-order valence-electron chi connectivity index (χ4n) is 6.70. The van der Waals surface area contributed by atoms with Crippen LogP contribution < -0.4 is 0 Å². The third-order valence-corrected chi connectivity index (χ3v) is 10.1. The Morgan fingerprint density at radius 3 is 0.200 bits per heavy atom. The van der Waals surface area contributed by atoms with Crippen LogP contribution in [-0.4, -0.2) is 0 Å². The van der Waals surface area contributed by atoms with Gasteiger partial charge in [0.15, 0.2) is 0 Å². The van der Waals surface area contributed by atoms with Crippen LogP contribution in [-0.2, 0) is 0 Å². The van der Waals surface area contributed by atoms with Gasteiger partial charge in [-0.2, -0.15) is 0 Å². The molecular formula is C105H186. The van der Waals surface area contributed by atoms with Gasteiger partial charge < -0.3 is 0 Å². The van der Waals surface area contributed by atoms with Crippen LogP contribution in [0.1, 0.15) is 331 Å². The highest BCUT2D eigenvalue weighted by molar-refractivity contribution is 5.04. The number of benzene rings is 9. The standard InChI is InChI=1S/C7H12.C6H12.9C6H6.6C3H8.10C2H6/c1-2-7-4-3-6(1)5-7;10*1-2-4-6-5-3-1;6*1-3-2;10*1-2/h6-7H,1-5H2;1-6H2;9*1-6H;6*3H2,1-2H3;10*1-2H3. The van der Waals surface area contributed by atoms with Crippen LogP contribution in [0.4, 0.5) is 0 Å². The molecule has 9 aromatic carbocycles. The molecule has 0 unspecified atom stereocenters. The average Bonchev–Trinajstić information content (AvgIpc) is 1.74. The van der Waals surface area contributed by atoms with Crippen LogP contribution >= 0.6 is 0 Å². The lowest BCUT2D eigenvalue weighted by Crippen LogP contribution is -1.90. The van der Waals surface area contributed by atoms with E-state index in [0.29, 0.717) is 0 Å². The van der Waals surface area contributed by atoms with Gasteiger partial charge in [-0.1, -0.05) is 652 Å². The Balaban J connectivity index is -0.0000000625. The molecule has 3 saturated carbocycles. The Labute approximate surface area is 666 Å². The number of rotatable bonds is 0. The molecule has 3 aliphatic carbocycles. The molecule has 0 saturated heterocycles. The van der Waals surface area contributed by atoms with E-state index in [-0.39, 0.29) is 0 Å². The van der Waals surface area contributed by atoms with Gasteiger partial charge in [0.2, 0.25) is 0 Å². The van der Waals surface area contributed by atoms with Crippen LogP contribution in [0.3, 0.4) is 0 Å². The van der Waals surface area contributed by atoms with Crippen molar-refractivity contribution in [2.24, 2.45) is 11.8 Å². The maximum absolute atomic E-state index is 2.12. The molecular weight excluding hydrogens is 1260 g/mol. The van der Waals surface area contributed by atoms with E-state index in [1.807, 2.05) is 466 Å². The molecule has 2 bridgehead atoms. The topological polar surface area (TPSA) is 0 Å². The van der Waals surface area contributed by atoms with Crippen LogP contribution in [0, 0.1) is 11.8 Å². The monoisotopic (exact) mass is 1450 g/mol. The molecule has 0 aliphatic heterocycles. The van der Waals surface area contributed by atoms with Gasteiger partial charge in [0.25, 0.3) is 0 Å². The summed E-state index contributed by atoms with van der Waals surface area (Å²) >= 11 is 0. The summed E-state index contributed by atoms with van der Waals surface area (Å²) in [5, 5.41) is 0. The summed E-state index contributed by atoms with van der Waals surface area (Å²) in [6.45, 7) is 65.5. The van der Waals surface area contributed by atoms with Crippen LogP contribution in [0.5, 0.6) is 0 Å². The first-order valence-corrected chi connectivity index (χ1v) is 42.9. The molecule has 0 aromatic heterocycles. The van der Waals surface area contributed by atoms with Crippen LogP contribution in [0.2, 0.25) is 0 Å². The van der Waals surface area contributed by atoms with E-state index in [9.17, 15) is 0 Å². The summed E-state index contributed by atoms with van der Waals surface area (Å²) in [4.78, 5) is 0. The maximum Gasteiger partial charge on any atom is -0.0411 e. The lowest BCUT2D eigenvalue weighted by Gasteiger charge is -2.05.